The minimum absolute atomic E-state index is 0.0129. The van der Waals surface area contributed by atoms with Crippen LogP contribution in [-0.4, -0.2) is 57.0 Å². The molecule has 4 heterocycles. The average Bonchev–Trinajstić information content (AvgIpc) is 2.83. The molecule has 1 aromatic carbocycles. The Morgan fingerprint density at radius 2 is 1.70 bits per heavy atom. The summed E-state index contributed by atoms with van der Waals surface area (Å²) in [6.07, 6.45) is 5.13. The summed E-state index contributed by atoms with van der Waals surface area (Å²) < 4.78 is 11.2. The molecule has 0 atom stereocenters. The monoisotopic (exact) mass is 446 g/mol. The van der Waals surface area contributed by atoms with Gasteiger partial charge in [-0.15, -0.1) is 0 Å². The van der Waals surface area contributed by atoms with E-state index in [0.29, 0.717) is 55.1 Å². The van der Waals surface area contributed by atoms with Crippen LogP contribution in [0.1, 0.15) is 46.2 Å². The van der Waals surface area contributed by atoms with Gasteiger partial charge in [0, 0.05) is 42.2 Å². The van der Waals surface area contributed by atoms with Gasteiger partial charge in [0.2, 0.25) is 5.95 Å². The van der Waals surface area contributed by atoms with E-state index in [1.54, 1.807) is 24.5 Å². The molecule has 5 rings (SSSR count). The fourth-order valence-electron chi connectivity index (χ4n) is 4.27. The molecule has 2 aliphatic heterocycles. The molecule has 1 amide bonds. The van der Waals surface area contributed by atoms with E-state index in [2.05, 4.69) is 20.3 Å². The Bertz CT molecular complexity index is 1160. The molecule has 33 heavy (non-hydrogen) atoms. The van der Waals surface area contributed by atoms with Crippen LogP contribution in [-0.2, 0) is 0 Å². The number of aryl methyl sites for hydroxylation is 2. The number of nitrogens with one attached hydrogen (secondary N) is 1. The normalized spacial score (nSPS) is 15.9. The number of anilines is 2. The molecule has 0 radical (unpaired) electrons. The van der Waals surface area contributed by atoms with Crippen LogP contribution >= 0.6 is 0 Å². The fourth-order valence-corrected chi connectivity index (χ4v) is 4.27. The SMILES string of the molecule is Cc1cc(C)nc(Nc2cncc(C3CCN(C(=O)c4ccc5c(c4)OCCO5)CC3)n2)n1. The zero-order valence-electron chi connectivity index (χ0n) is 18.7. The highest BCUT2D eigenvalue weighted by atomic mass is 16.6. The first-order chi connectivity index (χ1) is 16.0. The number of carbonyl (C=O) groups excluding carboxylic acids is 1. The first kappa shape index (κ1) is 21.1. The number of rotatable bonds is 4. The summed E-state index contributed by atoms with van der Waals surface area (Å²) in [4.78, 5) is 32.8. The van der Waals surface area contributed by atoms with Crippen LogP contribution in [0.15, 0.2) is 36.7 Å². The molecule has 2 aromatic heterocycles. The predicted octanol–water partition coefficient (Wildman–Crippen LogP) is 3.42. The number of ether oxygens (including phenoxy) is 2. The largest absolute Gasteiger partial charge is 0.486 e. The first-order valence-electron chi connectivity index (χ1n) is 11.2. The molecule has 0 aliphatic carbocycles. The first-order valence-corrected chi connectivity index (χ1v) is 11.2. The minimum Gasteiger partial charge on any atom is -0.486 e. The molecule has 3 aromatic rings. The highest BCUT2D eigenvalue weighted by Gasteiger charge is 2.26. The smallest absolute Gasteiger partial charge is 0.253 e. The average molecular weight is 447 g/mol. The van der Waals surface area contributed by atoms with Crippen molar-refractivity contribution in [2.45, 2.75) is 32.6 Å². The maximum Gasteiger partial charge on any atom is 0.253 e. The van der Waals surface area contributed by atoms with Gasteiger partial charge in [-0.05, 0) is 51.0 Å². The van der Waals surface area contributed by atoms with Crippen molar-refractivity contribution in [2.75, 3.05) is 31.6 Å². The number of benzene rings is 1. The maximum atomic E-state index is 13.0. The zero-order valence-corrected chi connectivity index (χ0v) is 18.7. The standard InChI is InChI=1S/C24H26N6O3/c1-15-11-16(2)27-24(26-15)29-22-14-25-13-19(28-22)17-5-7-30(8-6-17)23(31)18-3-4-20-21(12-18)33-10-9-32-20/h3-4,11-14,17H,5-10H2,1-2H3,(H,26,27,28,29). The number of amides is 1. The van der Waals surface area contributed by atoms with Gasteiger partial charge < -0.3 is 19.7 Å². The maximum absolute atomic E-state index is 13.0. The zero-order chi connectivity index (χ0) is 22.8. The highest BCUT2D eigenvalue weighted by Crippen LogP contribution is 2.32. The predicted molar refractivity (Wildman–Crippen MR) is 122 cm³/mol. The Hall–Kier alpha value is -3.75. The van der Waals surface area contributed by atoms with Crippen molar-refractivity contribution in [2.24, 2.45) is 0 Å². The summed E-state index contributed by atoms with van der Waals surface area (Å²) in [5.74, 6) is 2.71. The Balaban J connectivity index is 1.23. The van der Waals surface area contributed by atoms with Gasteiger partial charge in [0.25, 0.3) is 5.91 Å². The van der Waals surface area contributed by atoms with Gasteiger partial charge in [-0.2, -0.15) is 0 Å². The van der Waals surface area contributed by atoms with Crippen molar-refractivity contribution in [3.05, 3.63) is 59.3 Å². The molecule has 1 fully saturated rings. The van der Waals surface area contributed by atoms with E-state index in [-0.39, 0.29) is 11.8 Å². The number of nitrogens with zero attached hydrogens (tertiary/aromatic N) is 5. The van der Waals surface area contributed by atoms with Crippen LogP contribution in [0, 0.1) is 13.8 Å². The second-order valence-corrected chi connectivity index (χ2v) is 8.35. The van der Waals surface area contributed by atoms with Gasteiger partial charge in [-0.1, -0.05) is 0 Å². The van der Waals surface area contributed by atoms with Crippen molar-refractivity contribution in [3.8, 4) is 11.5 Å². The number of hydrogen-bond acceptors (Lipinski definition) is 8. The molecule has 0 bridgehead atoms. The Kier molecular flexibility index (Phi) is 5.77. The van der Waals surface area contributed by atoms with Gasteiger partial charge >= 0.3 is 0 Å². The van der Waals surface area contributed by atoms with Crippen molar-refractivity contribution in [3.63, 3.8) is 0 Å². The van der Waals surface area contributed by atoms with E-state index in [4.69, 9.17) is 14.5 Å². The summed E-state index contributed by atoms with van der Waals surface area (Å²) in [5, 5.41) is 3.16. The third-order valence-corrected chi connectivity index (χ3v) is 5.86. The molecular formula is C24H26N6O3. The third-order valence-electron chi connectivity index (χ3n) is 5.86. The molecule has 9 nitrogen and oxygen atoms in total. The lowest BCUT2D eigenvalue weighted by Gasteiger charge is -2.32. The number of hydrogen-bond donors (Lipinski definition) is 1. The van der Waals surface area contributed by atoms with E-state index in [0.717, 1.165) is 29.9 Å². The van der Waals surface area contributed by atoms with Gasteiger partial charge in [-0.3, -0.25) is 9.78 Å². The van der Waals surface area contributed by atoms with Crippen LogP contribution in [0.2, 0.25) is 0 Å². The van der Waals surface area contributed by atoms with Crippen molar-refractivity contribution >= 4 is 17.7 Å². The second-order valence-electron chi connectivity index (χ2n) is 8.35. The van der Waals surface area contributed by atoms with Crippen molar-refractivity contribution in [1.29, 1.82) is 0 Å². The number of fused-ring (bicyclic) bond motifs is 1. The van der Waals surface area contributed by atoms with E-state index in [1.165, 1.54) is 0 Å². The lowest BCUT2D eigenvalue weighted by Crippen LogP contribution is -2.38. The number of piperidine rings is 1. The lowest BCUT2D eigenvalue weighted by molar-refractivity contribution is 0.0711. The van der Waals surface area contributed by atoms with Crippen LogP contribution in [0.3, 0.4) is 0 Å². The summed E-state index contributed by atoms with van der Waals surface area (Å²) >= 11 is 0. The van der Waals surface area contributed by atoms with E-state index in [1.807, 2.05) is 30.9 Å². The van der Waals surface area contributed by atoms with Crippen molar-refractivity contribution < 1.29 is 14.3 Å². The Morgan fingerprint density at radius 3 is 2.45 bits per heavy atom. The lowest BCUT2D eigenvalue weighted by atomic mass is 9.93. The molecular weight excluding hydrogens is 420 g/mol. The topological polar surface area (TPSA) is 102 Å². The molecule has 2 aliphatic rings. The van der Waals surface area contributed by atoms with Crippen molar-refractivity contribution in [1.82, 2.24) is 24.8 Å². The quantitative estimate of drug-likeness (QED) is 0.650. The molecule has 0 unspecified atom stereocenters. The van der Waals surface area contributed by atoms with E-state index in [9.17, 15) is 4.79 Å². The van der Waals surface area contributed by atoms with Crippen LogP contribution < -0.4 is 14.8 Å². The highest BCUT2D eigenvalue weighted by molar-refractivity contribution is 5.95. The summed E-state index contributed by atoms with van der Waals surface area (Å²) in [6.45, 7) is 6.23. The second kappa shape index (κ2) is 9.01. The summed E-state index contributed by atoms with van der Waals surface area (Å²) in [5.41, 5.74) is 3.32. The van der Waals surface area contributed by atoms with Crippen LogP contribution in [0.25, 0.3) is 0 Å². The van der Waals surface area contributed by atoms with E-state index < -0.39 is 0 Å². The summed E-state index contributed by atoms with van der Waals surface area (Å²) in [6, 6.07) is 7.31. The summed E-state index contributed by atoms with van der Waals surface area (Å²) in [7, 11) is 0. The molecule has 1 N–H and O–H groups in total. The van der Waals surface area contributed by atoms with Gasteiger partial charge in [0.15, 0.2) is 17.3 Å². The van der Waals surface area contributed by atoms with E-state index >= 15 is 0 Å². The third kappa shape index (κ3) is 4.72. The number of carbonyl (C=O) groups is 1. The van der Waals surface area contributed by atoms with Crippen LogP contribution in [0.5, 0.6) is 11.5 Å². The number of likely N-dealkylation sites (tertiary alicyclic amines) is 1. The minimum atomic E-state index is 0.0129. The van der Waals surface area contributed by atoms with Gasteiger partial charge in [0.1, 0.15) is 13.2 Å². The van der Waals surface area contributed by atoms with Crippen LogP contribution in [0.4, 0.5) is 11.8 Å². The molecule has 9 heteroatoms. The molecule has 170 valence electrons. The number of aromatic nitrogens is 4. The Labute approximate surface area is 192 Å². The van der Waals surface area contributed by atoms with Gasteiger partial charge in [-0.25, -0.2) is 15.0 Å². The molecule has 0 saturated carbocycles. The Morgan fingerprint density at radius 1 is 0.970 bits per heavy atom. The van der Waals surface area contributed by atoms with Gasteiger partial charge in [0.05, 0.1) is 11.9 Å². The molecule has 0 spiro atoms. The fraction of sp³-hybridized carbons (Fsp3) is 0.375. The molecule has 1 saturated heterocycles.